The zero-order chi connectivity index (χ0) is 67.0. The predicted molar refractivity (Wildman–Crippen MR) is 338 cm³/mol. The molecule has 0 unspecified atom stereocenters. The van der Waals surface area contributed by atoms with E-state index in [1.165, 1.54) is 105 Å². The third-order valence-corrected chi connectivity index (χ3v) is 17.6. The van der Waals surface area contributed by atoms with Crippen molar-refractivity contribution in [3.63, 3.8) is 0 Å². The molecule has 2 aromatic carbocycles. The maximum atomic E-state index is 15.0. The van der Waals surface area contributed by atoms with Gasteiger partial charge in [-0.05, 0) is 99.8 Å². The van der Waals surface area contributed by atoms with Crippen LogP contribution in [0, 0.1) is 23.7 Å². The molecule has 0 spiro atoms. The van der Waals surface area contributed by atoms with Crippen LogP contribution in [0.15, 0.2) is 54.6 Å². The lowest BCUT2D eigenvalue weighted by molar-refractivity contribution is -0.151. The second-order valence-electron chi connectivity index (χ2n) is 25.6. The monoisotopic (exact) mass is 1240 g/mol. The molecule has 494 valence electrons. The summed E-state index contributed by atoms with van der Waals surface area (Å²) in [7, 11) is 9.67. The first-order valence-corrected chi connectivity index (χ1v) is 31.3. The van der Waals surface area contributed by atoms with Crippen LogP contribution < -0.4 is 21.3 Å². The lowest BCUT2D eigenvalue weighted by atomic mass is 9.95. The van der Waals surface area contributed by atoms with E-state index in [0.717, 1.165) is 16.2 Å². The lowest BCUT2D eigenvalue weighted by Gasteiger charge is -2.38. The molecule has 5 N–H and O–H groups in total. The first-order valence-electron chi connectivity index (χ1n) is 31.3. The molecule has 4 rings (SSSR count). The molecule has 89 heavy (non-hydrogen) atoms. The summed E-state index contributed by atoms with van der Waals surface area (Å²) in [6, 6.07) is 2.08. The van der Waals surface area contributed by atoms with Gasteiger partial charge in [-0.25, -0.2) is 4.79 Å². The van der Waals surface area contributed by atoms with Crippen molar-refractivity contribution < 1.29 is 57.8 Å². The van der Waals surface area contributed by atoms with Crippen molar-refractivity contribution in [2.45, 2.75) is 188 Å². The van der Waals surface area contributed by atoms with Crippen LogP contribution in [-0.2, 0) is 60.8 Å². The summed E-state index contributed by atoms with van der Waals surface area (Å²) < 4.78 is 0. The van der Waals surface area contributed by atoms with Crippen LogP contribution in [0.3, 0.4) is 0 Å². The van der Waals surface area contributed by atoms with Gasteiger partial charge < -0.3 is 55.4 Å². The van der Waals surface area contributed by atoms with Crippen molar-refractivity contribution in [2.75, 3.05) is 62.4 Å². The number of nitrogens with zero attached hydrogens (tertiary/aromatic N) is 8. The fourth-order valence-electron chi connectivity index (χ4n) is 11.3. The number of hydrogen-bond acceptors (Lipinski definition) is 13. The molecule has 24 heteroatoms. The minimum absolute atomic E-state index is 0.00702. The van der Waals surface area contributed by atoms with E-state index >= 15 is 0 Å². The van der Waals surface area contributed by atoms with Crippen LogP contribution in [0.1, 0.15) is 126 Å². The summed E-state index contributed by atoms with van der Waals surface area (Å²) in [6.45, 7) is 19.7. The van der Waals surface area contributed by atoms with Crippen LogP contribution in [0.4, 0.5) is 4.79 Å². The molecular formula is C65H102N12O12. The number of hydrogen-bond donors (Lipinski definition) is 5. The standard InChI is InChI=1S/C65H102N12O12/c1-19-41(8)54-57(81)67-49(36-46-28-30-47(78)31-29-46)61(85)76(18)65(89)74(16)50(35-39(4)5)55(79)69-53(64(88)77-32-24-21-25-33-77)63(87)72(14)44(11)66-48(34-38(2)3)60(84)70(12)42(9)58(82)73(15)51(37-45-26-22-20-23-27-45)56(80)68-52(40(6)7)62(86)71(13)43(10)59(83)75(54)17/h20,22-23,26-31,38-44,48-54,66,78H,19,21,24-25,32-37H2,1-18H3,(H,67,81)(H,68,80)(H,69,79)/t41-,42-,43+,44-,48-,49-,50-,51-,52+,53-,54-/m0/s1. The van der Waals surface area contributed by atoms with Crippen LogP contribution in [0.5, 0.6) is 5.75 Å². The van der Waals surface area contributed by atoms with E-state index in [4.69, 9.17) is 0 Å². The number of likely N-dealkylation sites (tertiary alicyclic amines) is 1. The highest BCUT2D eigenvalue weighted by Gasteiger charge is 2.44. The van der Waals surface area contributed by atoms with Crippen molar-refractivity contribution >= 4 is 65.1 Å². The van der Waals surface area contributed by atoms with Crippen LogP contribution in [0.25, 0.3) is 0 Å². The van der Waals surface area contributed by atoms with Crippen molar-refractivity contribution in [1.82, 2.24) is 60.5 Å². The van der Waals surface area contributed by atoms with E-state index in [9.17, 15) is 57.8 Å². The fraction of sp³-hybridized carbons (Fsp3) is 0.646. The van der Waals surface area contributed by atoms with Gasteiger partial charge in [-0.1, -0.05) is 104 Å². The van der Waals surface area contributed by atoms with Crippen LogP contribution in [0.2, 0.25) is 0 Å². The fourth-order valence-corrected chi connectivity index (χ4v) is 11.3. The highest BCUT2D eigenvalue weighted by Crippen LogP contribution is 2.23. The number of carbonyl (C=O) groups is 11. The topological polar surface area (TPSA) is 282 Å². The predicted octanol–water partition coefficient (Wildman–Crippen LogP) is 3.44. The van der Waals surface area contributed by atoms with Crippen molar-refractivity contribution in [3.05, 3.63) is 65.7 Å². The van der Waals surface area contributed by atoms with Gasteiger partial charge in [0.1, 0.15) is 48.0 Å². The molecular weight excluding hydrogens is 1140 g/mol. The molecule has 11 atom stereocenters. The molecule has 0 saturated carbocycles. The Balaban J connectivity index is 1.94. The summed E-state index contributed by atoms with van der Waals surface area (Å²) in [5.74, 6) is -8.71. The van der Waals surface area contributed by atoms with Gasteiger partial charge in [0.15, 0.2) is 6.04 Å². The number of urea groups is 1. The largest absolute Gasteiger partial charge is 0.508 e. The summed E-state index contributed by atoms with van der Waals surface area (Å²) in [4.78, 5) is 173. The van der Waals surface area contributed by atoms with Crippen LogP contribution in [-0.4, -0.2) is 232 Å². The number of likely N-dealkylation sites (N-methyl/N-ethyl adjacent to an activating group) is 7. The summed E-state index contributed by atoms with van der Waals surface area (Å²) in [5, 5.41) is 21.8. The molecule has 2 aliphatic heterocycles. The first kappa shape index (κ1) is 73.8. The maximum Gasteiger partial charge on any atom is 0.326 e. The SMILES string of the molecule is CC[C@H](C)[C@H]1C(=O)N[C@@H](Cc2ccc(O)cc2)C(=O)N(C)C(=O)N(C)[C@@H](CC(C)C)C(=O)N[C@H](C(=O)N2CCCCC2)C(=O)N(C)[C@@H](C)N[C@@H](CC(C)C)C(=O)N(C)[C@@H](C)C(=O)N(C)[C@@H](Cc2ccccc2)C(=O)N[C@H](C(C)C)C(=O)N(C)[C@H](C)C(=O)N1C. The van der Waals surface area contributed by atoms with Crippen LogP contribution >= 0.6 is 0 Å². The van der Waals surface area contributed by atoms with Crippen molar-refractivity contribution in [2.24, 2.45) is 23.7 Å². The Labute approximate surface area is 527 Å². The van der Waals surface area contributed by atoms with E-state index in [0.29, 0.717) is 43.5 Å². The molecule has 0 radical (unpaired) electrons. The third-order valence-electron chi connectivity index (χ3n) is 17.6. The summed E-state index contributed by atoms with van der Waals surface area (Å²) in [6.07, 6.45) is 1.60. The molecule has 2 saturated heterocycles. The van der Waals surface area contributed by atoms with Crippen molar-refractivity contribution in [3.8, 4) is 5.75 Å². The number of aromatic hydroxyl groups is 1. The number of nitrogens with one attached hydrogen (secondary N) is 4. The first-order chi connectivity index (χ1) is 41.7. The Morgan fingerprint density at radius 1 is 0.528 bits per heavy atom. The van der Waals surface area contributed by atoms with E-state index in [2.05, 4.69) is 21.3 Å². The Bertz CT molecular complexity index is 2790. The Kier molecular flexibility index (Phi) is 27.6. The average Bonchev–Trinajstić information content (AvgIpc) is 2.21. The van der Waals surface area contributed by atoms with Gasteiger partial charge in [0.05, 0.1) is 12.2 Å². The molecule has 0 bridgehead atoms. The molecule has 0 aromatic heterocycles. The van der Waals surface area contributed by atoms with Gasteiger partial charge in [-0.3, -0.25) is 58.2 Å². The Hall–Kier alpha value is -7.63. The van der Waals surface area contributed by atoms with E-state index in [1.54, 1.807) is 70.2 Å². The number of imide groups is 1. The zero-order valence-electron chi connectivity index (χ0n) is 55.9. The number of piperidine rings is 1. The highest BCUT2D eigenvalue weighted by molar-refractivity contribution is 6.08. The van der Waals surface area contributed by atoms with E-state index in [1.807, 2.05) is 34.6 Å². The van der Waals surface area contributed by atoms with Crippen molar-refractivity contribution in [1.29, 1.82) is 0 Å². The number of rotatable bonds is 12. The van der Waals surface area contributed by atoms with Gasteiger partial charge in [0.25, 0.3) is 17.7 Å². The molecule has 2 fully saturated rings. The van der Waals surface area contributed by atoms with Gasteiger partial charge in [-0.15, -0.1) is 0 Å². The number of amides is 12. The Morgan fingerprint density at radius 2 is 1.06 bits per heavy atom. The molecule has 2 aromatic rings. The average molecular weight is 1240 g/mol. The molecule has 12 amide bonds. The maximum absolute atomic E-state index is 15.0. The normalized spacial score (nSPS) is 26.3. The summed E-state index contributed by atoms with van der Waals surface area (Å²) in [5.41, 5.74) is 1.17. The smallest absolute Gasteiger partial charge is 0.326 e. The number of benzene rings is 2. The Morgan fingerprint density at radius 3 is 1.60 bits per heavy atom. The minimum atomic E-state index is -1.81. The quantitative estimate of drug-likeness (QED) is 0.191. The molecule has 0 aliphatic carbocycles. The van der Waals surface area contributed by atoms with E-state index < -0.39 is 137 Å². The highest BCUT2D eigenvalue weighted by atomic mass is 16.3. The second-order valence-corrected chi connectivity index (χ2v) is 25.6. The molecule has 24 nitrogen and oxygen atoms in total. The van der Waals surface area contributed by atoms with Gasteiger partial charge in [-0.2, -0.15) is 0 Å². The second kappa shape index (κ2) is 33.3. The number of phenols is 1. The third kappa shape index (κ3) is 19.2. The van der Waals surface area contributed by atoms with E-state index in [-0.39, 0.29) is 43.3 Å². The molecule has 2 heterocycles. The number of phenolic OH excluding ortho intramolecular Hbond substituents is 1. The van der Waals surface area contributed by atoms with Gasteiger partial charge >= 0.3 is 6.03 Å². The summed E-state index contributed by atoms with van der Waals surface area (Å²) >= 11 is 0. The van der Waals surface area contributed by atoms with Gasteiger partial charge in [0.2, 0.25) is 41.4 Å². The minimum Gasteiger partial charge on any atom is -0.508 e. The number of carbonyl (C=O) groups excluding carboxylic acids is 11. The van der Waals surface area contributed by atoms with Gasteiger partial charge in [0, 0.05) is 75.3 Å². The zero-order valence-corrected chi connectivity index (χ0v) is 55.9. The molecule has 2 aliphatic rings. The lowest BCUT2D eigenvalue weighted by Crippen LogP contribution is -2.64.